The summed E-state index contributed by atoms with van der Waals surface area (Å²) in [7, 11) is 0. The second kappa shape index (κ2) is 4.40. The highest BCUT2D eigenvalue weighted by Crippen LogP contribution is 2.33. The molecule has 1 aromatic carbocycles. The second-order valence-corrected chi connectivity index (χ2v) is 4.29. The van der Waals surface area contributed by atoms with E-state index in [2.05, 4.69) is 10.0 Å². The van der Waals surface area contributed by atoms with Crippen LogP contribution in [0.25, 0.3) is 20.5 Å². The number of rotatable bonds is 1. The van der Waals surface area contributed by atoms with Crippen molar-refractivity contribution in [2.45, 2.75) is 0 Å². The van der Waals surface area contributed by atoms with Crippen molar-refractivity contribution >= 4 is 39.1 Å². The molecule has 5 nitrogen and oxygen atoms in total. The summed E-state index contributed by atoms with van der Waals surface area (Å²) in [6.07, 6.45) is -0.972. The molecule has 0 aliphatic rings. The van der Waals surface area contributed by atoms with E-state index in [1.54, 1.807) is 18.2 Å². The first-order valence-corrected chi connectivity index (χ1v) is 5.34. The van der Waals surface area contributed by atoms with Crippen LogP contribution in [0.4, 0.5) is 4.79 Å². The molecule has 0 N–H and O–H groups in total. The molecule has 0 saturated carbocycles. The van der Waals surface area contributed by atoms with E-state index < -0.39 is 6.09 Å². The van der Waals surface area contributed by atoms with Gasteiger partial charge < -0.3 is 4.74 Å². The molecule has 0 unspecified atom stereocenters. The number of thiophene rings is 1. The number of ether oxygens (including phenoxy) is 1. The number of hydrogen-bond donors (Lipinski definition) is 0. The number of benzene rings is 1. The molecule has 2 aromatic rings. The minimum atomic E-state index is -0.972. The highest BCUT2D eigenvalue weighted by Gasteiger charge is 2.06. The first-order valence-electron chi connectivity index (χ1n) is 4.15. The van der Waals surface area contributed by atoms with Gasteiger partial charge in [-0.15, -0.1) is 0 Å². The fourth-order valence-electron chi connectivity index (χ4n) is 1.18. The molecule has 0 atom stereocenters. The normalized spacial score (nSPS) is 9.81. The van der Waals surface area contributed by atoms with E-state index in [1.165, 1.54) is 11.3 Å². The van der Waals surface area contributed by atoms with E-state index in [-0.39, 0.29) is 0 Å². The Bertz CT molecular complexity index is 604. The minimum absolute atomic E-state index is 0.370. The monoisotopic (exact) mass is 253 g/mol. The average molecular weight is 254 g/mol. The second-order valence-electron chi connectivity index (χ2n) is 2.80. The van der Waals surface area contributed by atoms with Crippen molar-refractivity contribution in [2.24, 2.45) is 5.11 Å². The summed E-state index contributed by atoms with van der Waals surface area (Å²) in [5.41, 5.74) is 8.03. The third kappa shape index (κ3) is 2.25. The molecule has 0 bridgehead atoms. The molecule has 16 heavy (non-hydrogen) atoms. The maximum Gasteiger partial charge on any atom is 0.402 e. The molecule has 0 aliphatic heterocycles. The molecule has 1 amide bonds. The van der Waals surface area contributed by atoms with Crippen LogP contribution in [-0.4, -0.2) is 6.09 Å². The van der Waals surface area contributed by atoms with Crippen molar-refractivity contribution in [1.29, 1.82) is 0 Å². The molecule has 0 fully saturated rings. The van der Waals surface area contributed by atoms with E-state index in [0.29, 0.717) is 10.1 Å². The van der Waals surface area contributed by atoms with Crippen molar-refractivity contribution in [2.75, 3.05) is 0 Å². The minimum Gasteiger partial charge on any atom is -0.411 e. The first-order chi connectivity index (χ1) is 7.69. The molecule has 0 radical (unpaired) electrons. The van der Waals surface area contributed by atoms with Gasteiger partial charge in [-0.25, -0.2) is 4.79 Å². The lowest BCUT2D eigenvalue weighted by atomic mass is 10.3. The lowest BCUT2D eigenvalue weighted by Gasteiger charge is -1.91. The van der Waals surface area contributed by atoms with E-state index in [9.17, 15) is 4.79 Å². The maximum atomic E-state index is 10.9. The number of nitrogens with zero attached hydrogens (tertiary/aromatic N) is 3. The molecule has 1 heterocycles. The van der Waals surface area contributed by atoms with Crippen LogP contribution in [-0.2, 0) is 0 Å². The standard InChI is InChI=1S/C9H4ClN3O2S/c10-6-1-2-7-5(3-6)4-8(16-7)15-9(14)12-13-11/h1-4H. The van der Waals surface area contributed by atoms with Gasteiger partial charge in [0.1, 0.15) is 0 Å². The Morgan fingerprint density at radius 1 is 1.50 bits per heavy atom. The number of carbonyl (C=O) groups excluding carboxylic acids is 1. The maximum absolute atomic E-state index is 10.9. The summed E-state index contributed by atoms with van der Waals surface area (Å²) in [5, 5.41) is 4.66. The summed E-state index contributed by atoms with van der Waals surface area (Å²) in [4.78, 5) is 13.2. The Balaban J connectivity index is 2.32. The number of hydrogen-bond acceptors (Lipinski definition) is 3. The summed E-state index contributed by atoms with van der Waals surface area (Å²) in [5.74, 6) is 0. The fraction of sp³-hybridized carbons (Fsp3) is 0. The first kappa shape index (κ1) is 10.8. The van der Waals surface area contributed by atoms with E-state index in [0.717, 1.165) is 10.1 Å². The Kier molecular flexibility index (Phi) is 2.96. The summed E-state index contributed by atoms with van der Waals surface area (Å²) < 4.78 is 5.73. The van der Waals surface area contributed by atoms with Crippen LogP contribution in [0.1, 0.15) is 0 Å². The van der Waals surface area contributed by atoms with Crippen LogP contribution < -0.4 is 4.74 Å². The zero-order valence-electron chi connectivity index (χ0n) is 7.75. The third-order valence-electron chi connectivity index (χ3n) is 1.77. The molecule has 0 saturated heterocycles. The molecule has 1 aromatic heterocycles. The van der Waals surface area contributed by atoms with Crippen LogP contribution in [0, 0.1) is 0 Å². The van der Waals surface area contributed by atoms with Gasteiger partial charge in [0, 0.05) is 25.8 Å². The van der Waals surface area contributed by atoms with Crippen LogP contribution in [0.2, 0.25) is 5.02 Å². The number of fused-ring (bicyclic) bond motifs is 1. The lowest BCUT2D eigenvalue weighted by molar-refractivity contribution is 0.212. The molecule has 0 aliphatic carbocycles. The highest BCUT2D eigenvalue weighted by atomic mass is 35.5. The summed E-state index contributed by atoms with van der Waals surface area (Å²) in [6.45, 7) is 0. The van der Waals surface area contributed by atoms with Crippen molar-refractivity contribution in [3.8, 4) is 5.06 Å². The van der Waals surface area contributed by atoms with Crippen LogP contribution >= 0.6 is 22.9 Å². The zero-order chi connectivity index (χ0) is 11.5. The topological polar surface area (TPSA) is 75.1 Å². The van der Waals surface area contributed by atoms with Gasteiger partial charge >= 0.3 is 6.09 Å². The van der Waals surface area contributed by atoms with Crippen molar-refractivity contribution in [1.82, 2.24) is 0 Å². The molecular weight excluding hydrogens is 250 g/mol. The Morgan fingerprint density at radius 2 is 2.31 bits per heavy atom. The molecule has 80 valence electrons. The number of azide groups is 1. The quantitative estimate of drug-likeness (QED) is 0.430. The highest BCUT2D eigenvalue weighted by molar-refractivity contribution is 7.20. The largest absolute Gasteiger partial charge is 0.411 e. The average Bonchev–Trinajstić information content (AvgIpc) is 2.59. The Morgan fingerprint density at radius 3 is 3.06 bits per heavy atom. The van der Waals surface area contributed by atoms with Crippen molar-refractivity contribution in [3.63, 3.8) is 0 Å². The van der Waals surface area contributed by atoms with Gasteiger partial charge in [-0.2, -0.15) is 0 Å². The van der Waals surface area contributed by atoms with E-state index >= 15 is 0 Å². The van der Waals surface area contributed by atoms with Gasteiger partial charge in [-0.05, 0) is 29.1 Å². The lowest BCUT2D eigenvalue weighted by Crippen LogP contribution is -1.98. The van der Waals surface area contributed by atoms with Gasteiger partial charge in [0.05, 0.1) is 0 Å². The number of carbonyl (C=O) groups is 1. The van der Waals surface area contributed by atoms with Crippen molar-refractivity contribution < 1.29 is 9.53 Å². The fourth-order valence-corrected chi connectivity index (χ4v) is 2.25. The van der Waals surface area contributed by atoms with Gasteiger partial charge in [0.15, 0.2) is 5.06 Å². The SMILES string of the molecule is [N-]=[N+]=NC(=O)Oc1cc2cc(Cl)ccc2s1. The number of halogens is 1. The molecular formula is C9H4ClN3O2S. The predicted molar refractivity (Wildman–Crippen MR) is 62.0 cm³/mol. The van der Waals surface area contributed by atoms with E-state index in [1.807, 2.05) is 6.07 Å². The molecule has 2 rings (SSSR count). The van der Waals surface area contributed by atoms with Crippen LogP contribution in [0.5, 0.6) is 5.06 Å². The van der Waals surface area contributed by atoms with Gasteiger partial charge in [-0.1, -0.05) is 22.9 Å². The summed E-state index contributed by atoms with van der Waals surface area (Å²) in [6, 6.07) is 7.00. The smallest absolute Gasteiger partial charge is 0.402 e. The van der Waals surface area contributed by atoms with Crippen molar-refractivity contribution in [3.05, 3.63) is 39.7 Å². The number of amides is 1. The Hall–Kier alpha value is -1.75. The van der Waals surface area contributed by atoms with Gasteiger partial charge in [0.2, 0.25) is 0 Å². The van der Waals surface area contributed by atoms with Gasteiger partial charge in [-0.3, -0.25) is 0 Å². The molecule has 7 heteroatoms. The third-order valence-corrected chi connectivity index (χ3v) is 3.00. The summed E-state index contributed by atoms with van der Waals surface area (Å²) >= 11 is 7.09. The Labute approximate surface area is 98.8 Å². The molecule has 0 spiro atoms. The van der Waals surface area contributed by atoms with Gasteiger partial charge in [0.25, 0.3) is 0 Å². The zero-order valence-corrected chi connectivity index (χ0v) is 9.33. The van der Waals surface area contributed by atoms with E-state index in [4.69, 9.17) is 21.9 Å². The van der Waals surface area contributed by atoms with Crippen LogP contribution in [0.15, 0.2) is 29.4 Å². The predicted octanol–water partition coefficient (Wildman–Crippen LogP) is 4.36. The van der Waals surface area contributed by atoms with Crippen LogP contribution in [0.3, 0.4) is 0 Å².